The normalized spacial score (nSPS) is 21.9. The van der Waals surface area contributed by atoms with Crippen LogP contribution in [0.4, 0.5) is 0 Å². The van der Waals surface area contributed by atoms with Crippen LogP contribution in [0.2, 0.25) is 10.0 Å². The number of rotatable bonds is 2. The van der Waals surface area contributed by atoms with Crippen LogP contribution in [0.5, 0.6) is 0 Å². The maximum Gasteiger partial charge on any atom is 0.248 e. The Hall–Kier alpha value is -1.26. The minimum atomic E-state index is -0.908. The number of nitrogens with zero attached hydrogens (tertiary/aromatic N) is 1. The second-order valence-electron chi connectivity index (χ2n) is 5.44. The van der Waals surface area contributed by atoms with Crippen LogP contribution in [0.25, 0.3) is 0 Å². The second kappa shape index (κ2) is 5.26. The third-order valence-electron chi connectivity index (χ3n) is 3.45. The molecule has 0 aromatic heterocycles. The quantitative estimate of drug-likeness (QED) is 0.912. The molecule has 1 heterocycles. The molecule has 0 spiro atoms. The molecule has 0 radical (unpaired) electrons. The lowest BCUT2D eigenvalue weighted by Crippen LogP contribution is -2.66. The minimum Gasteiger partial charge on any atom is -0.340 e. The minimum absolute atomic E-state index is 0.138. The fourth-order valence-electron chi connectivity index (χ4n) is 2.21. The number of hydrogen-bond acceptors (Lipinski definition) is 2. The van der Waals surface area contributed by atoms with E-state index in [4.69, 9.17) is 23.2 Å². The summed E-state index contributed by atoms with van der Waals surface area (Å²) in [6, 6.07) is 4.72. The van der Waals surface area contributed by atoms with Gasteiger partial charge in [0.15, 0.2) is 0 Å². The van der Waals surface area contributed by atoms with Crippen molar-refractivity contribution in [1.82, 2.24) is 10.2 Å². The Bertz CT molecular complexity index is 572. The number of hydrogen-bond donors (Lipinski definition) is 1. The van der Waals surface area contributed by atoms with Crippen LogP contribution in [0, 0.1) is 0 Å². The van der Waals surface area contributed by atoms with Crippen LogP contribution in [0.1, 0.15) is 26.3 Å². The highest BCUT2D eigenvalue weighted by Gasteiger charge is 2.43. The zero-order valence-electron chi connectivity index (χ0n) is 11.5. The van der Waals surface area contributed by atoms with Gasteiger partial charge in [0.05, 0.1) is 10.0 Å². The van der Waals surface area contributed by atoms with Gasteiger partial charge in [-0.2, -0.15) is 0 Å². The summed E-state index contributed by atoms with van der Waals surface area (Å²) in [6.07, 6.45) is 0. The lowest BCUT2D eigenvalue weighted by Gasteiger charge is -2.41. The van der Waals surface area contributed by atoms with Crippen LogP contribution in [-0.2, 0) is 16.1 Å². The predicted molar refractivity (Wildman–Crippen MR) is 78.7 cm³/mol. The Morgan fingerprint density at radius 1 is 1.30 bits per heavy atom. The molecule has 0 aliphatic carbocycles. The van der Waals surface area contributed by atoms with E-state index in [9.17, 15) is 9.59 Å². The van der Waals surface area contributed by atoms with Gasteiger partial charge in [-0.3, -0.25) is 9.59 Å². The van der Waals surface area contributed by atoms with E-state index in [0.717, 1.165) is 5.56 Å². The molecule has 1 N–H and O–H groups in total. The second-order valence-corrected chi connectivity index (χ2v) is 6.22. The maximum atomic E-state index is 12.4. The standard InChI is InChI=1S/C14H16Cl2N2O2/c1-8-12(19)17-14(2,3)13(20)18(8)7-9-5-4-6-10(15)11(9)16/h4-6,8H,7H2,1-3H3,(H,17,19). The zero-order valence-corrected chi connectivity index (χ0v) is 13.0. The molecule has 4 nitrogen and oxygen atoms in total. The number of halogens is 2. The lowest BCUT2D eigenvalue weighted by atomic mass is 9.97. The Morgan fingerprint density at radius 2 is 1.95 bits per heavy atom. The average Bonchev–Trinajstić information content (AvgIpc) is 2.37. The van der Waals surface area contributed by atoms with Crippen molar-refractivity contribution in [2.75, 3.05) is 0 Å². The first-order valence-electron chi connectivity index (χ1n) is 6.30. The molecule has 1 fully saturated rings. The summed E-state index contributed by atoms with van der Waals surface area (Å²) >= 11 is 12.1. The van der Waals surface area contributed by atoms with Gasteiger partial charge in [0.2, 0.25) is 11.8 Å². The molecule has 108 valence electrons. The third-order valence-corrected chi connectivity index (χ3v) is 4.31. The highest BCUT2D eigenvalue weighted by atomic mass is 35.5. The summed E-state index contributed by atoms with van der Waals surface area (Å²) in [6.45, 7) is 5.33. The molecule has 2 amide bonds. The molecule has 0 bridgehead atoms. The van der Waals surface area contributed by atoms with Crippen molar-refractivity contribution in [3.8, 4) is 0 Å². The Labute approximate surface area is 128 Å². The van der Waals surface area contributed by atoms with Gasteiger partial charge in [0.25, 0.3) is 0 Å². The van der Waals surface area contributed by atoms with E-state index in [-0.39, 0.29) is 18.4 Å². The Kier molecular flexibility index (Phi) is 3.98. The van der Waals surface area contributed by atoms with Crippen molar-refractivity contribution in [1.29, 1.82) is 0 Å². The van der Waals surface area contributed by atoms with Crippen LogP contribution < -0.4 is 5.32 Å². The summed E-state index contributed by atoms with van der Waals surface area (Å²) in [4.78, 5) is 25.9. The third kappa shape index (κ3) is 2.63. The number of piperazine rings is 1. The molecule has 1 unspecified atom stereocenters. The molecule has 1 aliphatic heterocycles. The fourth-order valence-corrected chi connectivity index (χ4v) is 2.59. The van der Waals surface area contributed by atoms with Gasteiger partial charge in [-0.1, -0.05) is 35.3 Å². The van der Waals surface area contributed by atoms with Crippen LogP contribution in [0.3, 0.4) is 0 Å². The average molecular weight is 315 g/mol. The summed E-state index contributed by atoms with van der Waals surface area (Å²) in [7, 11) is 0. The molecule has 6 heteroatoms. The van der Waals surface area contributed by atoms with Crippen molar-refractivity contribution in [2.45, 2.75) is 38.9 Å². The smallest absolute Gasteiger partial charge is 0.248 e. The van der Waals surface area contributed by atoms with Gasteiger partial charge >= 0.3 is 0 Å². The molecule has 0 saturated carbocycles. The first-order chi connectivity index (χ1) is 9.24. The van der Waals surface area contributed by atoms with E-state index >= 15 is 0 Å². The van der Waals surface area contributed by atoms with Crippen molar-refractivity contribution in [2.24, 2.45) is 0 Å². The van der Waals surface area contributed by atoms with Crippen LogP contribution in [-0.4, -0.2) is 28.3 Å². The van der Waals surface area contributed by atoms with Crippen LogP contribution >= 0.6 is 23.2 Å². The molecule has 1 aliphatic rings. The zero-order chi connectivity index (χ0) is 15.1. The SMILES string of the molecule is CC1C(=O)NC(C)(C)C(=O)N1Cc1cccc(Cl)c1Cl. The van der Waals surface area contributed by atoms with Gasteiger partial charge < -0.3 is 10.2 Å². The van der Waals surface area contributed by atoms with E-state index < -0.39 is 11.6 Å². The van der Waals surface area contributed by atoms with E-state index in [1.165, 1.54) is 4.90 Å². The summed E-state index contributed by atoms with van der Waals surface area (Å²) in [5.41, 5.74) is -0.181. The monoisotopic (exact) mass is 314 g/mol. The van der Waals surface area contributed by atoms with Crippen LogP contribution in [0.15, 0.2) is 18.2 Å². The molecule has 2 rings (SSSR count). The largest absolute Gasteiger partial charge is 0.340 e. The molecule has 1 aromatic rings. The fraction of sp³-hybridized carbons (Fsp3) is 0.429. The van der Waals surface area contributed by atoms with Gasteiger partial charge in [-0.05, 0) is 32.4 Å². The summed E-state index contributed by atoms with van der Waals surface area (Å²) < 4.78 is 0. The van der Waals surface area contributed by atoms with Gasteiger partial charge in [-0.15, -0.1) is 0 Å². The van der Waals surface area contributed by atoms with Gasteiger partial charge in [0, 0.05) is 6.54 Å². The van der Waals surface area contributed by atoms with Crippen molar-refractivity contribution < 1.29 is 9.59 Å². The van der Waals surface area contributed by atoms with Crippen molar-refractivity contribution in [3.05, 3.63) is 33.8 Å². The molecule has 1 saturated heterocycles. The van der Waals surface area contributed by atoms with Gasteiger partial charge in [-0.25, -0.2) is 0 Å². The van der Waals surface area contributed by atoms with Crippen molar-refractivity contribution in [3.63, 3.8) is 0 Å². The van der Waals surface area contributed by atoms with E-state index in [1.54, 1.807) is 39.0 Å². The summed E-state index contributed by atoms with van der Waals surface area (Å²) in [5, 5.41) is 3.56. The number of benzene rings is 1. The highest BCUT2D eigenvalue weighted by Crippen LogP contribution is 2.28. The molecule has 1 aromatic carbocycles. The number of carbonyl (C=O) groups is 2. The molecule has 1 atom stereocenters. The number of amides is 2. The van der Waals surface area contributed by atoms with E-state index in [1.807, 2.05) is 0 Å². The van der Waals surface area contributed by atoms with E-state index in [0.29, 0.717) is 10.0 Å². The predicted octanol–water partition coefficient (Wildman–Crippen LogP) is 2.62. The van der Waals surface area contributed by atoms with E-state index in [2.05, 4.69) is 5.32 Å². The first kappa shape index (κ1) is 15.1. The topological polar surface area (TPSA) is 49.4 Å². The highest BCUT2D eigenvalue weighted by molar-refractivity contribution is 6.42. The molecular weight excluding hydrogens is 299 g/mol. The van der Waals surface area contributed by atoms with Crippen molar-refractivity contribution >= 4 is 35.0 Å². The molecule has 20 heavy (non-hydrogen) atoms. The molecular formula is C14H16Cl2N2O2. The number of carbonyl (C=O) groups excluding carboxylic acids is 2. The number of nitrogens with one attached hydrogen (secondary N) is 1. The Morgan fingerprint density at radius 3 is 2.60 bits per heavy atom. The summed E-state index contributed by atoms with van der Waals surface area (Å²) in [5.74, 6) is -0.312. The first-order valence-corrected chi connectivity index (χ1v) is 7.05. The van der Waals surface area contributed by atoms with Gasteiger partial charge in [0.1, 0.15) is 11.6 Å². The Balaban J connectivity index is 2.33. The maximum absolute atomic E-state index is 12.4. The lowest BCUT2D eigenvalue weighted by molar-refractivity contribution is -0.153.